The second kappa shape index (κ2) is 10.5. The molecule has 0 amide bonds. The lowest BCUT2D eigenvalue weighted by molar-refractivity contribution is 0.318. The first-order chi connectivity index (χ1) is 15.2. The van der Waals surface area contributed by atoms with Gasteiger partial charge in [-0.3, -0.25) is 0 Å². The number of hydrogen-bond donors (Lipinski definition) is 0. The van der Waals surface area contributed by atoms with E-state index in [0.29, 0.717) is 28.1 Å². The van der Waals surface area contributed by atoms with Crippen LogP contribution in [0.2, 0.25) is 16.6 Å². The molecule has 3 rings (SSSR count). The maximum Gasteiger partial charge on any atom is 0.258 e. The first-order valence-electron chi connectivity index (χ1n) is 12.8. The van der Waals surface area contributed by atoms with E-state index >= 15 is 4.39 Å². The van der Waals surface area contributed by atoms with Crippen LogP contribution in [0, 0.1) is 11.7 Å². The summed E-state index contributed by atoms with van der Waals surface area (Å²) in [6, 6.07) is 14.0. The van der Waals surface area contributed by atoms with Crippen LogP contribution in [0.15, 0.2) is 42.5 Å². The molecule has 0 atom stereocenters. The molecule has 1 nitrogen and oxygen atoms in total. The molecule has 176 valence electrons. The zero-order valence-corrected chi connectivity index (χ0v) is 22.2. The van der Waals surface area contributed by atoms with Crippen molar-refractivity contribution in [1.82, 2.24) is 0 Å². The molecule has 2 aromatic carbocycles. The summed E-state index contributed by atoms with van der Waals surface area (Å²) in [6.45, 7) is 16.0. The molecule has 1 saturated carbocycles. The normalized spacial score (nSPS) is 19.7. The molecular formula is C29H43FOSi. The minimum absolute atomic E-state index is 0.114. The van der Waals surface area contributed by atoms with Crippen LogP contribution in [-0.2, 0) is 0 Å². The Labute approximate surface area is 196 Å². The summed E-state index contributed by atoms with van der Waals surface area (Å²) in [7, 11) is -2.04. The van der Waals surface area contributed by atoms with E-state index in [-0.39, 0.29) is 5.82 Å². The maximum absolute atomic E-state index is 15.3. The van der Waals surface area contributed by atoms with Crippen LogP contribution in [-0.4, -0.2) is 8.32 Å². The fourth-order valence-corrected chi connectivity index (χ4v) is 11.5. The molecular weight excluding hydrogens is 411 g/mol. The Bertz CT molecular complexity index is 859. The molecule has 0 saturated heterocycles. The Balaban J connectivity index is 1.85. The largest absolute Gasteiger partial charge is 0.543 e. The van der Waals surface area contributed by atoms with E-state index in [1.165, 1.54) is 37.7 Å². The van der Waals surface area contributed by atoms with Crippen molar-refractivity contribution >= 4 is 8.32 Å². The van der Waals surface area contributed by atoms with Crippen LogP contribution in [0.4, 0.5) is 4.39 Å². The monoisotopic (exact) mass is 454 g/mol. The number of benzene rings is 2. The Morgan fingerprint density at radius 2 is 1.50 bits per heavy atom. The summed E-state index contributed by atoms with van der Waals surface area (Å²) >= 11 is 0. The van der Waals surface area contributed by atoms with Crippen molar-refractivity contribution in [2.75, 3.05) is 0 Å². The molecule has 2 aromatic rings. The first-order valence-corrected chi connectivity index (χ1v) is 14.9. The van der Waals surface area contributed by atoms with E-state index in [9.17, 15) is 0 Å². The molecule has 0 aromatic heterocycles. The van der Waals surface area contributed by atoms with Crippen molar-refractivity contribution in [1.29, 1.82) is 0 Å². The van der Waals surface area contributed by atoms with Gasteiger partial charge in [0.05, 0.1) is 0 Å². The third kappa shape index (κ3) is 5.14. The van der Waals surface area contributed by atoms with Crippen LogP contribution in [0.25, 0.3) is 11.1 Å². The third-order valence-corrected chi connectivity index (χ3v) is 14.0. The fraction of sp³-hybridized carbons (Fsp3) is 0.586. The molecule has 1 fully saturated rings. The van der Waals surface area contributed by atoms with E-state index in [1.807, 2.05) is 30.3 Å². The van der Waals surface area contributed by atoms with Gasteiger partial charge in [-0.2, -0.15) is 0 Å². The van der Waals surface area contributed by atoms with Gasteiger partial charge < -0.3 is 4.43 Å². The molecule has 0 unspecified atom stereocenters. The zero-order chi connectivity index (χ0) is 23.5. The van der Waals surface area contributed by atoms with Crippen molar-refractivity contribution in [3.63, 3.8) is 0 Å². The van der Waals surface area contributed by atoms with Gasteiger partial charge in [-0.1, -0.05) is 79.2 Å². The topological polar surface area (TPSA) is 9.23 Å². The quantitative estimate of drug-likeness (QED) is 0.361. The van der Waals surface area contributed by atoms with Crippen LogP contribution in [0.1, 0.15) is 92.1 Å². The van der Waals surface area contributed by atoms with Crippen molar-refractivity contribution in [2.24, 2.45) is 5.92 Å². The molecule has 3 heteroatoms. The predicted octanol–water partition coefficient (Wildman–Crippen LogP) is 9.73. The molecule has 1 aliphatic rings. The average Bonchev–Trinajstić information content (AvgIpc) is 2.77. The third-order valence-electron chi connectivity index (χ3n) is 8.04. The predicted molar refractivity (Wildman–Crippen MR) is 139 cm³/mol. The lowest BCUT2D eigenvalue weighted by Crippen LogP contribution is -2.50. The standard InChI is InChI=1S/C29H43FOSi/c1-8-23-12-14-24(15-13-23)25-16-17-28(29(30)19-25)26-10-9-11-27(18-26)31-32(20(2)3,21(4)5)22(6)7/h9-11,16-24H,8,12-15H2,1-7H3. The minimum atomic E-state index is -2.04. The van der Waals surface area contributed by atoms with Gasteiger partial charge >= 0.3 is 0 Å². The second-order valence-corrected chi connectivity index (χ2v) is 16.2. The molecule has 0 radical (unpaired) electrons. The Hall–Kier alpha value is -1.61. The van der Waals surface area contributed by atoms with Crippen molar-refractivity contribution in [2.45, 2.75) is 103 Å². The summed E-state index contributed by atoms with van der Waals surface area (Å²) in [4.78, 5) is 0. The minimum Gasteiger partial charge on any atom is -0.543 e. The fourth-order valence-electron chi connectivity index (χ4n) is 6.21. The van der Waals surface area contributed by atoms with Crippen molar-refractivity contribution in [3.05, 3.63) is 53.8 Å². The number of halogens is 1. The van der Waals surface area contributed by atoms with Gasteiger partial charge in [0.1, 0.15) is 11.6 Å². The van der Waals surface area contributed by atoms with Gasteiger partial charge in [0, 0.05) is 5.56 Å². The van der Waals surface area contributed by atoms with Gasteiger partial charge in [0.2, 0.25) is 0 Å². The van der Waals surface area contributed by atoms with Crippen LogP contribution < -0.4 is 4.43 Å². The molecule has 0 spiro atoms. The molecule has 0 N–H and O–H groups in total. The Morgan fingerprint density at radius 1 is 0.875 bits per heavy atom. The lowest BCUT2D eigenvalue weighted by atomic mass is 9.77. The van der Waals surface area contributed by atoms with Crippen LogP contribution in [0.5, 0.6) is 5.75 Å². The molecule has 0 heterocycles. The molecule has 0 aliphatic heterocycles. The first kappa shape index (κ1) is 25.0. The van der Waals surface area contributed by atoms with Crippen LogP contribution in [0.3, 0.4) is 0 Å². The zero-order valence-electron chi connectivity index (χ0n) is 21.2. The van der Waals surface area contributed by atoms with E-state index in [0.717, 1.165) is 17.2 Å². The molecule has 0 bridgehead atoms. The van der Waals surface area contributed by atoms with Crippen molar-refractivity contribution in [3.8, 4) is 16.9 Å². The van der Waals surface area contributed by atoms with Gasteiger partial charge in [-0.15, -0.1) is 0 Å². The highest BCUT2D eigenvalue weighted by Crippen LogP contribution is 2.43. The highest BCUT2D eigenvalue weighted by Gasteiger charge is 2.47. The van der Waals surface area contributed by atoms with E-state index in [2.05, 4.69) is 54.5 Å². The number of hydrogen-bond acceptors (Lipinski definition) is 1. The summed E-state index contributed by atoms with van der Waals surface area (Å²) in [6.07, 6.45) is 6.20. The SMILES string of the molecule is CCC1CCC(c2ccc(-c3cccc(O[Si](C(C)C)(C(C)C)C(C)C)c3)c(F)c2)CC1. The van der Waals surface area contributed by atoms with E-state index in [4.69, 9.17) is 4.43 Å². The molecule has 1 aliphatic carbocycles. The highest BCUT2D eigenvalue weighted by molar-refractivity contribution is 6.78. The maximum atomic E-state index is 15.3. The Kier molecular flexibility index (Phi) is 8.24. The van der Waals surface area contributed by atoms with Gasteiger partial charge in [-0.05, 0) is 83.5 Å². The highest BCUT2D eigenvalue weighted by atomic mass is 28.4. The van der Waals surface area contributed by atoms with Crippen LogP contribution >= 0.6 is 0 Å². The lowest BCUT2D eigenvalue weighted by Gasteiger charge is -2.42. The van der Waals surface area contributed by atoms with E-state index in [1.54, 1.807) is 6.07 Å². The van der Waals surface area contributed by atoms with Crippen molar-refractivity contribution < 1.29 is 8.82 Å². The summed E-state index contributed by atoms with van der Waals surface area (Å²) < 4.78 is 22.1. The summed E-state index contributed by atoms with van der Waals surface area (Å²) in [5, 5.41) is 0. The van der Waals surface area contributed by atoms with Gasteiger partial charge in [-0.25, -0.2) is 4.39 Å². The molecule has 32 heavy (non-hydrogen) atoms. The average molecular weight is 455 g/mol. The second-order valence-electron chi connectivity index (χ2n) is 10.8. The van der Waals surface area contributed by atoms with E-state index < -0.39 is 8.32 Å². The summed E-state index contributed by atoms with van der Waals surface area (Å²) in [5.41, 5.74) is 4.26. The number of rotatable bonds is 8. The Morgan fingerprint density at radius 3 is 2.03 bits per heavy atom. The van der Waals surface area contributed by atoms with Gasteiger partial charge in [0.25, 0.3) is 8.32 Å². The summed E-state index contributed by atoms with van der Waals surface area (Å²) in [5.74, 6) is 2.13. The smallest absolute Gasteiger partial charge is 0.258 e. The van der Waals surface area contributed by atoms with Gasteiger partial charge in [0.15, 0.2) is 0 Å².